The van der Waals surface area contributed by atoms with Crippen molar-refractivity contribution in [2.45, 2.75) is 32.7 Å². The molecule has 1 amide bonds. The number of hydrogen-bond acceptors (Lipinski definition) is 5. The molecule has 0 saturated heterocycles. The van der Waals surface area contributed by atoms with Gasteiger partial charge in [-0.1, -0.05) is 62.4 Å². The van der Waals surface area contributed by atoms with Crippen molar-refractivity contribution in [1.29, 1.82) is 0 Å². The summed E-state index contributed by atoms with van der Waals surface area (Å²) in [6.07, 6.45) is 4.59. The van der Waals surface area contributed by atoms with Gasteiger partial charge in [-0.25, -0.2) is 0 Å². The summed E-state index contributed by atoms with van der Waals surface area (Å²) in [4.78, 5) is 27.7. The largest absolute Gasteiger partial charge is 0.503 e. The highest BCUT2D eigenvalue weighted by atomic mass is 16.5. The molecule has 0 saturated carbocycles. The first-order valence-electron chi connectivity index (χ1n) is 11.7. The first-order chi connectivity index (χ1) is 16.4. The number of methoxy groups -OCH3 is 1. The Morgan fingerprint density at radius 3 is 2.59 bits per heavy atom. The Morgan fingerprint density at radius 2 is 1.88 bits per heavy atom. The molecule has 1 aliphatic heterocycles. The average Bonchev–Trinajstić information content (AvgIpc) is 3.08. The van der Waals surface area contributed by atoms with E-state index in [2.05, 4.69) is 13.8 Å². The molecule has 0 bridgehead atoms. The minimum atomic E-state index is -0.703. The highest BCUT2D eigenvalue weighted by molar-refractivity contribution is 6.14. The van der Waals surface area contributed by atoms with E-state index < -0.39 is 23.5 Å². The summed E-state index contributed by atoms with van der Waals surface area (Å²) in [6, 6.07) is 16.1. The number of allylic oxidation sites excluding steroid dienone is 1. The molecular weight excluding hydrogens is 430 g/mol. The van der Waals surface area contributed by atoms with Gasteiger partial charge in [0.2, 0.25) is 0 Å². The van der Waals surface area contributed by atoms with E-state index in [0.717, 1.165) is 12.0 Å². The summed E-state index contributed by atoms with van der Waals surface area (Å²) < 4.78 is 11.0. The minimum Gasteiger partial charge on any atom is -0.503 e. The fourth-order valence-electron chi connectivity index (χ4n) is 3.87. The zero-order chi connectivity index (χ0) is 24.5. The lowest BCUT2D eigenvalue weighted by molar-refractivity contribution is -0.129. The Morgan fingerprint density at radius 1 is 1.12 bits per heavy atom. The number of carbonyl (C=O) groups excluding carboxylic acids is 2. The summed E-state index contributed by atoms with van der Waals surface area (Å²) in [5.74, 6) is -0.270. The van der Waals surface area contributed by atoms with E-state index in [9.17, 15) is 14.7 Å². The number of ketones is 1. The van der Waals surface area contributed by atoms with Gasteiger partial charge in [-0.3, -0.25) is 9.59 Å². The number of aliphatic hydroxyl groups is 1. The van der Waals surface area contributed by atoms with Crippen molar-refractivity contribution in [1.82, 2.24) is 4.90 Å². The maximum atomic E-state index is 13.2. The molecule has 180 valence electrons. The van der Waals surface area contributed by atoms with E-state index in [-0.39, 0.29) is 5.57 Å². The van der Waals surface area contributed by atoms with E-state index in [4.69, 9.17) is 9.47 Å². The van der Waals surface area contributed by atoms with Crippen LogP contribution in [0.2, 0.25) is 0 Å². The quantitative estimate of drug-likeness (QED) is 0.349. The number of ether oxygens (including phenoxy) is 2. The van der Waals surface area contributed by atoms with Crippen LogP contribution in [0, 0.1) is 5.92 Å². The van der Waals surface area contributed by atoms with Crippen molar-refractivity contribution in [2.24, 2.45) is 5.92 Å². The third-order valence-corrected chi connectivity index (χ3v) is 5.68. The molecule has 6 heteroatoms. The van der Waals surface area contributed by atoms with Gasteiger partial charge in [-0.15, -0.1) is 0 Å². The summed E-state index contributed by atoms with van der Waals surface area (Å²) >= 11 is 0. The van der Waals surface area contributed by atoms with Crippen LogP contribution < -0.4 is 4.74 Å². The number of nitrogens with zero attached hydrogens (tertiary/aromatic N) is 1. The van der Waals surface area contributed by atoms with Crippen molar-refractivity contribution >= 4 is 17.8 Å². The lowest BCUT2D eigenvalue weighted by Crippen LogP contribution is -2.32. The maximum absolute atomic E-state index is 13.2. The average molecular weight is 464 g/mol. The fourth-order valence-corrected chi connectivity index (χ4v) is 3.87. The molecule has 0 fully saturated rings. The second-order valence-electron chi connectivity index (χ2n) is 8.72. The molecule has 6 nitrogen and oxygen atoms in total. The maximum Gasteiger partial charge on any atom is 0.290 e. The Hall–Kier alpha value is -3.38. The van der Waals surface area contributed by atoms with Gasteiger partial charge in [0.05, 0.1) is 18.2 Å². The predicted molar refractivity (Wildman–Crippen MR) is 132 cm³/mol. The zero-order valence-electron chi connectivity index (χ0n) is 20.1. The number of hydrogen-bond donors (Lipinski definition) is 1. The predicted octanol–water partition coefficient (Wildman–Crippen LogP) is 5.13. The molecule has 1 aliphatic rings. The highest BCUT2D eigenvalue weighted by Gasteiger charge is 2.42. The number of benzene rings is 2. The van der Waals surface area contributed by atoms with Crippen LogP contribution in [-0.4, -0.2) is 48.6 Å². The van der Waals surface area contributed by atoms with Crippen LogP contribution in [0.4, 0.5) is 0 Å². The van der Waals surface area contributed by atoms with Gasteiger partial charge in [0.1, 0.15) is 5.75 Å². The zero-order valence-corrected chi connectivity index (χ0v) is 20.1. The highest BCUT2D eigenvalue weighted by Crippen LogP contribution is 2.39. The van der Waals surface area contributed by atoms with Crippen molar-refractivity contribution in [3.63, 3.8) is 0 Å². The molecule has 1 unspecified atom stereocenters. The fraction of sp³-hybridized carbons (Fsp3) is 0.357. The lowest BCUT2D eigenvalue weighted by atomic mass is 9.95. The topological polar surface area (TPSA) is 76.1 Å². The Kier molecular flexibility index (Phi) is 9.05. The third-order valence-electron chi connectivity index (χ3n) is 5.68. The van der Waals surface area contributed by atoms with Crippen molar-refractivity contribution < 1.29 is 24.2 Å². The number of aliphatic hydroxyl groups excluding tert-OH is 1. The Balaban J connectivity index is 1.92. The van der Waals surface area contributed by atoms with Crippen LogP contribution in [-0.2, 0) is 14.3 Å². The number of rotatable bonds is 12. The normalized spacial score (nSPS) is 16.2. The Bertz CT molecular complexity index is 1040. The van der Waals surface area contributed by atoms with Crippen molar-refractivity contribution in [3.8, 4) is 5.75 Å². The third kappa shape index (κ3) is 6.35. The van der Waals surface area contributed by atoms with Gasteiger partial charge < -0.3 is 19.5 Å². The van der Waals surface area contributed by atoms with E-state index in [0.29, 0.717) is 43.4 Å². The van der Waals surface area contributed by atoms with Crippen LogP contribution in [0.25, 0.3) is 6.08 Å². The summed E-state index contributed by atoms with van der Waals surface area (Å²) in [6.45, 7) is 5.66. The van der Waals surface area contributed by atoms with Gasteiger partial charge in [-0.05, 0) is 48.1 Å². The summed E-state index contributed by atoms with van der Waals surface area (Å²) in [5.41, 5.74) is 1.65. The first-order valence-corrected chi connectivity index (χ1v) is 11.7. The van der Waals surface area contributed by atoms with Crippen LogP contribution in [0.1, 0.15) is 43.9 Å². The molecule has 0 aromatic heterocycles. The van der Waals surface area contributed by atoms with E-state index in [1.54, 1.807) is 13.2 Å². The summed E-state index contributed by atoms with van der Waals surface area (Å²) in [5, 5.41) is 10.7. The molecule has 0 aliphatic carbocycles. The molecule has 1 N–H and O–H groups in total. The smallest absolute Gasteiger partial charge is 0.290 e. The van der Waals surface area contributed by atoms with Gasteiger partial charge in [0.15, 0.2) is 11.5 Å². The molecule has 34 heavy (non-hydrogen) atoms. The second kappa shape index (κ2) is 12.2. The molecule has 0 spiro atoms. The first kappa shape index (κ1) is 25.2. The van der Waals surface area contributed by atoms with Crippen molar-refractivity contribution in [2.75, 3.05) is 26.9 Å². The van der Waals surface area contributed by atoms with Gasteiger partial charge >= 0.3 is 0 Å². The SMILES string of the molecule is COCCCN1C(=O)C(O)=C(C(=O)/C=C/c2ccccc2)C1c1cccc(OCCC(C)C)c1. The lowest BCUT2D eigenvalue weighted by Gasteiger charge is -2.27. The van der Waals surface area contributed by atoms with E-state index in [1.807, 2.05) is 54.6 Å². The monoisotopic (exact) mass is 463 g/mol. The Labute approximate surface area is 201 Å². The number of carbonyl (C=O) groups is 2. The van der Waals surface area contributed by atoms with Crippen LogP contribution in [0.15, 0.2) is 72.0 Å². The van der Waals surface area contributed by atoms with Crippen LogP contribution in [0.3, 0.4) is 0 Å². The van der Waals surface area contributed by atoms with Gasteiger partial charge in [0, 0.05) is 20.3 Å². The summed E-state index contributed by atoms with van der Waals surface area (Å²) in [7, 11) is 1.60. The van der Waals surface area contributed by atoms with E-state index in [1.165, 1.54) is 11.0 Å². The number of amides is 1. The van der Waals surface area contributed by atoms with Gasteiger partial charge in [0.25, 0.3) is 5.91 Å². The molecule has 1 atom stereocenters. The molecular formula is C28H33NO5. The standard InChI is InChI=1S/C28H33NO5/c1-20(2)15-18-34-23-12-7-11-22(19-23)26-25(24(30)14-13-21-9-5-4-6-10-21)27(31)28(32)29(26)16-8-17-33-3/h4-7,9-14,19-20,26,31H,8,15-18H2,1-3H3/b14-13+. The minimum absolute atomic E-state index is 0.0777. The molecule has 2 aromatic carbocycles. The molecule has 1 heterocycles. The van der Waals surface area contributed by atoms with E-state index >= 15 is 0 Å². The molecule has 0 radical (unpaired) electrons. The van der Waals surface area contributed by atoms with Crippen LogP contribution in [0.5, 0.6) is 5.75 Å². The van der Waals surface area contributed by atoms with Crippen molar-refractivity contribution in [3.05, 3.63) is 83.1 Å². The van der Waals surface area contributed by atoms with Crippen LogP contribution >= 0.6 is 0 Å². The molecule has 2 aromatic rings. The van der Waals surface area contributed by atoms with Gasteiger partial charge in [-0.2, -0.15) is 0 Å². The second-order valence-corrected chi connectivity index (χ2v) is 8.72. The molecule has 3 rings (SSSR count).